The monoisotopic (exact) mass is 405 g/mol. The maximum Gasteiger partial charge on any atom is 0.264 e. The van der Waals surface area contributed by atoms with E-state index in [0.717, 1.165) is 13.0 Å². The molecule has 1 N–H and O–H groups in total. The molecule has 0 aromatic heterocycles. The fourth-order valence-corrected chi connectivity index (χ4v) is 3.76. The van der Waals surface area contributed by atoms with Crippen molar-refractivity contribution < 1.29 is 17.9 Å². The highest BCUT2D eigenvalue weighted by molar-refractivity contribution is 7.92. The summed E-state index contributed by atoms with van der Waals surface area (Å²) in [6, 6.07) is 12.7. The highest BCUT2D eigenvalue weighted by Gasteiger charge is 2.21. The third-order valence-electron chi connectivity index (χ3n) is 4.28. The van der Waals surface area contributed by atoms with Crippen molar-refractivity contribution in [3.05, 3.63) is 54.1 Å². The van der Waals surface area contributed by atoms with Crippen LogP contribution in [-0.2, 0) is 10.0 Å². The Labute approximate surface area is 167 Å². The van der Waals surface area contributed by atoms with Crippen LogP contribution < -0.4 is 14.4 Å². The second kappa shape index (κ2) is 9.57. The molecule has 152 valence electrons. The molecule has 0 unspecified atom stereocenters. The van der Waals surface area contributed by atoms with E-state index < -0.39 is 10.0 Å². The van der Waals surface area contributed by atoms with Crippen LogP contribution in [0, 0.1) is 0 Å². The Kier molecular flexibility index (Phi) is 7.42. The summed E-state index contributed by atoms with van der Waals surface area (Å²) in [5, 5.41) is 2.86. The largest absolute Gasteiger partial charge is 0.497 e. The lowest BCUT2D eigenvalue weighted by atomic mass is 10.2. The number of ether oxygens (including phenoxy) is 1. The van der Waals surface area contributed by atoms with Crippen LogP contribution in [0.25, 0.3) is 0 Å². The van der Waals surface area contributed by atoms with Crippen molar-refractivity contribution >= 4 is 21.6 Å². The minimum Gasteiger partial charge on any atom is -0.497 e. The van der Waals surface area contributed by atoms with E-state index in [2.05, 4.69) is 10.2 Å². The second-order valence-electron chi connectivity index (χ2n) is 6.61. The molecular formula is C20H27N3O4S. The van der Waals surface area contributed by atoms with Crippen LogP contribution >= 0.6 is 0 Å². The maximum absolute atomic E-state index is 12.8. The van der Waals surface area contributed by atoms with Crippen molar-refractivity contribution in [1.82, 2.24) is 10.2 Å². The number of anilines is 1. The van der Waals surface area contributed by atoms with Crippen LogP contribution in [0.2, 0.25) is 0 Å². The van der Waals surface area contributed by atoms with E-state index in [4.69, 9.17) is 4.74 Å². The summed E-state index contributed by atoms with van der Waals surface area (Å²) in [4.78, 5) is 14.4. The van der Waals surface area contributed by atoms with Gasteiger partial charge in [0.2, 0.25) is 0 Å². The summed E-state index contributed by atoms with van der Waals surface area (Å²) < 4.78 is 31.8. The van der Waals surface area contributed by atoms with Gasteiger partial charge >= 0.3 is 0 Å². The first-order valence-corrected chi connectivity index (χ1v) is 10.4. The zero-order valence-electron chi connectivity index (χ0n) is 16.7. The highest BCUT2D eigenvalue weighted by atomic mass is 32.2. The number of sulfonamides is 1. The molecule has 0 aliphatic heterocycles. The van der Waals surface area contributed by atoms with Gasteiger partial charge in [0, 0.05) is 19.2 Å². The summed E-state index contributed by atoms with van der Waals surface area (Å²) >= 11 is 0. The van der Waals surface area contributed by atoms with Gasteiger partial charge in [-0.15, -0.1) is 0 Å². The first-order chi connectivity index (χ1) is 13.3. The Hall–Kier alpha value is -2.58. The third kappa shape index (κ3) is 5.46. The number of hydrogen-bond acceptors (Lipinski definition) is 5. The molecule has 0 bridgehead atoms. The van der Waals surface area contributed by atoms with E-state index >= 15 is 0 Å². The van der Waals surface area contributed by atoms with Crippen LogP contribution in [-0.4, -0.2) is 60.6 Å². The average molecular weight is 406 g/mol. The molecule has 2 aromatic carbocycles. The predicted octanol–water partition coefficient (Wildman–Crippen LogP) is 2.20. The number of hydrogen-bond donors (Lipinski definition) is 1. The smallest absolute Gasteiger partial charge is 0.264 e. The molecule has 0 saturated heterocycles. The van der Waals surface area contributed by atoms with E-state index in [1.54, 1.807) is 36.4 Å². The van der Waals surface area contributed by atoms with Crippen LogP contribution in [0.4, 0.5) is 5.69 Å². The lowest BCUT2D eigenvalue weighted by Crippen LogP contribution is -2.28. The number of benzene rings is 2. The Morgan fingerprint density at radius 2 is 1.61 bits per heavy atom. The van der Waals surface area contributed by atoms with Gasteiger partial charge in [-0.25, -0.2) is 8.42 Å². The number of methoxy groups -OCH3 is 1. The molecule has 2 rings (SSSR count). The normalized spacial score (nSPS) is 11.3. The summed E-state index contributed by atoms with van der Waals surface area (Å²) in [7, 11) is 3.27. The van der Waals surface area contributed by atoms with Gasteiger partial charge in [-0.05, 0) is 75.6 Å². The molecule has 1 amide bonds. The zero-order valence-corrected chi connectivity index (χ0v) is 17.5. The van der Waals surface area contributed by atoms with E-state index in [9.17, 15) is 13.2 Å². The number of carbonyl (C=O) groups excluding carboxylic acids is 1. The Morgan fingerprint density at radius 1 is 1.00 bits per heavy atom. The van der Waals surface area contributed by atoms with Gasteiger partial charge in [0.25, 0.3) is 15.9 Å². The summed E-state index contributed by atoms with van der Waals surface area (Å²) in [6.07, 6.45) is 0.861. The van der Waals surface area contributed by atoms with Crippen molar-refractivity contribution in [2.75, 3.05) is 45.6 Å². The molecule has 0 heterocycles. The Bertz CT molecular complexity index is 879. The van der Waals surface area contributed by atoms with E-state index in [0.29, 0.717) is 23.5 Å². The fraction of sp³-hybridized carbons (Fsp3) is 0.350. The summed E-state index contributed by atoms with van der Waals surface area (Å²) in [6.45, 7) is 1.48. The first-order valence-electron chi connectivity index (χ1n) is 8.91. The standard InChI is InChI=1S/C20H27N3O4S/c1-22(2)15-5-14-21-20(24)16-6-8-17(9-7-16)23(3)28(25,26)19-12-10-18(27-4)11-13-19/h6-13H,5,14-15H2,1-4H3,(H,21,24). The fourth-order valence-electron chi connectivity index (χ4n) is 2.57. The average Bonchev–Trinajstić information content (AvgIpc) is 2.70. The van der Waals surface area contributed by atoms with Crippen LogP contribution in [0.5, 0.6) is 5.75 Å². The molecule has 0 radical (unpaired) electrons. The number of rotatable bonds is 9. The third-order valence-corrected chi connectivity index (χ3v) is 6.08. The van der Waals surface area contributed by atoms with Gasteiger partial charge in [-0.2, -0.15) is 0 Å². The summed E-state index contributed by atoms with van der Waals surface area (Å²) in [5.74, 6) is 0.411. The maximum atomic E-state index is 12.8. The molecule has 0 spiro atoms. The lowest BCUT2D eigenvalue weighted by Gasteiger charge is -2.20. The predicted molar refractivity (Wildman–Crippen MR) is 111 cm³/mol. The van der Waals surface area contributed by atoms with Gasteiger partial charge in [-0.3, -0.25) is 9.10 Å². The van der Waals surface area contributed by atoms with Gasteiger partial charge in [0.1, 0.15) is 5.75 Å². The molecule has 0 fully saturated rings. The number of nitrogens with zero attached hydrogens (tertiary/aromatic N) is 2. The van der Waals surface area contributed by atoms with Gasteiger partial charge < -0.3 is 15.0 Å². The van der Waals surface area contributed by atoms with Gasteiger partial charge in [-0.1, -0.05) is 0 Å². The van der Waals surface area contributed by atoms with Crippen molar-refractivity contribution in [2.45, 2.75) is 11.3 Å². The molecule has 2 aromatic rings. The molecule has 8 heteroatoms. The molecule has 0 aliphatic carbocycles. The highest BCUT2D eigenvalue weighted by Crippen LogP contribution is 2.24. The number of amides is 1. The minimum atomic E-state index is -3.70. The SMILES string of the molecule is COc1ccc(S(=O)(=O)N(C)c2ccc(C(=O)NCCCN(C)C)cc2)cc1. The molecule has 0 atom stereocenters. The first kappa shape index (κ1) is 21.7. The van der Waals surface area contributed by atoms with Crippen molar-refractivity contribution in [3.63, 3.8) is 0 Å². The van der Waals surface area contributed by atoms with Crippen molar-refractivity contribution in [3.8, 4) is 5.75 Å². The minimum absolute atomic E-state index is 0.165. The number of nitrogens with one attached hydrogen (secondary N) is 1. The van der Waals surface area contributed by atoms with E-state index in [1.807, 2.05) is 14.1 Å². The topological polar surface area (TPSA) is 79.0 Å². The lowest BCUT2D eigenvalue weighted by molar-refractivity contribution is 0.0952. The van der Waals surface area contributed by atoms with Crippen LogP contribution in [0.15, 0.2) is 53.4 Å². The van der Waals surface area contributed by atoms with Gasteiger partial charge in [0.15, 0.2) is 0 Å². The van der Waals surface area contributed by atoms with Crippen LogP contribution in [0.3, 0.4) is 0 Å². The molecular weight excluding hydrogens is 378 g/mol. The Morgan fingerprint density at radius 3 is 2.14 bits per heavy atom. The van der Waals surface area contributed by atoms with Crippen molar-refractivity contribution in [2.24, 2.45) is 0 Å². The van der Waals surface area contributed by atoms with Crippen molar-refractivity contribution in [1.29, 1.82) is 0 Å². The van der Waals surface area contributed by atoms with E-state index in [-0.39, 0.29) is 10.8 Å². The molecule has 7 nitrogen and oxygen atoms in total. The molecule has 0 aliphatic rings. The molecule has 0 saturated carbocycles. The number of carbonyl (C=O) groups is 1. The second-order valence-corrected chi connectivity index (χ2v) is 8.58. The molecule has 28 heavy (non-hydrogen) atoms. The van der Waals surface area contributed by atoms with E-state index in [1.165, 1.54) is 30.6 Å². The quantitative estimate of drug-likeness (QED) is 0.647. The summed E-state index contributed by atoms with van der Waals surface area (Å²) in [5.41, 5.74) is 0.962. The van der Waals surface area contributed by atoms with Gasteiger partial charge in [0.05, 0.1) is 17.7 Å². The zero-order chi connectivity index (χ0) is 20.7. The Balaban J connectivity index is 2.05. The van der Waals surface area contributed by atoms with Crippen LogP contribution in [0.1, 0.15) is 16.8 Å².